The molecule has 4 N–H and O–H groups in total. The average molecular weight is 585 g/mol. The van der Waals surface area contributed by atoms with Crippen LogP contribution in [0.4, 0.5) is 18.9 Å². The Morgan fingerprint density at radius 2 is 1.90 bits per heavy atom. The van der Waals surface area contributed by atoms with Crippen molar-refractivity contribution < 1.29 is 31.2 Å². The second-order valence-corrected chi connectivity index (χ2v) is 12.1. The number of halogens is 3. The Balaban J connectivity index is 1.68. The first kappa shape index (κ1) is 30.5. The van der Waals surface area contributed by atoms with E-state index in [4.69, 9.17) is 5.73 Å². The summed E-state index contributed by atoms with van der Waals surface area (Å²) in [5, 5.41) is 5.09. The lowest BCUT2D eigenvalue weighted by Gasteiger charge is -2.38. The van der Waals surface area contributed by atoms with E-state index in [1.54, 1.807) is 30.3 Å². The molecule has 1 aliphatic heterocycles. The van der Waals surface area contributed by atoms with Crippen molar-refractivity contribution in [2.75, 3.05) is 43.9 Å². The third-order valence-corrected chi connectivity index (χ3v) is 9.06. The third-order valence-electron chi connectivity index (χ3n) is 6.46. The average Bonchev–Trinajstić information content (AvgIpc) is 2.88. The first-order valence-corrected chi connectivity index (χ1v) is 15.0. The standard InChI is InChI=1S/C26H31F3N4O4S2/c1-3-11-33-12-10-17(16-39(36,37)20-7-5-19(38-2)6-8-20)23(15-33)32-24(34)14-31-25(35)21-13-18(26(27,28)29)4-9-22(21)30/h3-9,13,17,23H,1,10-12,14-16,30H2,2H3,(H,31,35)(H,32,34). The van der Waals surface area contributed by atoms with E-state index < -0.39 is 57.5 Å². The minimum absolute atomic E-state index is 0.163. The van der Waals surface area contributed by atoms with E-state index in [-0.39, 0.29) is 16.3 Å². The summed E-state index contributed by atoms with van der Waals surface area (Å²) in [6.45, 7) is 4.74. The molecule has 0 radical (unpaired) electrons. The predicted molar refractivity (Wildman–Crippen MR) is 145 cm³/mol. The zero-order chi connectivity index (χ0) is 28.8. The number of nitrogens with one attached hydrogen (secondary N) is 2. The maximum absolute atomic E-state index is 13.1. The van der Waals surface area contributed by atoms with Crippen LogP contribution in [0.1, 0.15) is 22.3 Å². The number of piperidine rings is 1. The number of nitrogens with zero attached hydrogens (tertiary/aromatic N) is 1. The highest BCUT2D eigenvalue weighted by Crippen LogP contribution is 2.31. The Morgan fingerprint density at radius 1 is 1.21 bits per heavy atom. The molecule has 0 aromatic heterocycles. The molecule has 212 valence electrons. The lowest BCUT2D eigenvalue weighted by Crippen LogP contribution is -2.55. The zero-order valence-corrected chi connectivity index (χ0v) is 23.0. The number of rotatable bonds is 10. The Labute approximate surface area is 230 Å². The smallest absolute Gasteiger partial charge is 0.398 e. The van der Waals surface area contributed by atoms with E-state index >= 15 is 0 Å². The highest BCUT2D eigenvalue weighted by molar-refractivity contribution is 7.98. The number of nitrogens with two attached hydrogens (primary N) is 1. The van der Waals surface area contributed by atoms with Gasteiger partial charge in [-0.25, -0.2) is 8.42 Å². The summed E-state index contributed by atoms with van der Waals surface area (Å²) in [5.41, 5.74) is 4.07. The summed E-state index contributed by atoms with van der Waals surface area (Å²) < 4.78 is 65.4. The van der Waals surface area contributed by atoms with Crippen LogP contribution in [0.25, 0.3) is 0 Å². The molecule has 1 aliphatic rings. The molecule has 13 heteroatoms. The first-order chi connectivity index (χ1) is 18.3. The number of sulfone groups is 1. The quantitative estimate of drug-likeness (QED) is 0.223. The summed E-state index contributed by atoms with van der Waals surface area (Å²) >= 11 is 1.50. The lowest BCUT2D eigenvalue weighted by molar-refractivity contribution is -0.137. The maximum Gasteiger partial charge on any atom is 0.416 e. The fraction of sp³-hybridized carbons (Fsp3) is 0.385. The summed E-state index contributed by atoms with van der Waals surface area (Å²) in [7, 11) is -3.64. The van der Waals surface area contributed by atoms with Crippen molar-refractivity contribution in [3.05, 3.63) is 66.2 Å². The minimum Gasteiger partial charge on any atom is -0.398 e. The van der Waals surface area contributed by atoms with Crippen molar-refractivity contribution in [3.63, 3.8) is 0 Å². The second-order valence-electron chi connectivity index (χ2n) is 9.21. The van der Waals surface area contributed by atoms with Crippen LogP contribution in [0.5, 0.6) is 0 Å². The van der Waals surface area contributed by atoms with Gasteiger partial charge >= 0.3 is 6.18 Å². The Morgan fingerprint density at radius 3 is 2.51 bits per heavy atom. The van der Waals surface area contributed by atoms with Crippen LogP contribution in [0, 0.1) is 5.92 Å². The molecule has 8 nitrogen and oxygen atoms in total. The van der Waals surface area contributed by atoms with Crippen molar-refractivity contribution in [1.29, 1.82) is 0 Å². The van der Waals surface area contributed by atoms with Crippen LogP contribution in [0.3, 0.4) is 0 Å². The molecule has 3 rings (SSSR count). The molecule has 1 fully saturated rings. The van der Waals surface area contributed by atoms with Gasteiger partial charge in [0.1, 0.15) is 0 Å². The number of benzene rings is 2. The van der Waals surface area contributed by atoms with E-state index in [0.717, 1.165) is 17.0 Å². The van der Waals surface area contributed by atoms with Gasteiger partial charge in [-0.15, -0.1) is 18.3 Å². The van der Waals surface area contributed by atoms with Gasteiger partial charge in [-0.2, -0.15) is 13.2 Å². The van der Waals surface area contributed by atoms with Gasteiger partial charge in [0.05, 0.1) is 28.3 Å². The third kappa shape index (κ3) is 8.23. The topological polar surface area (TPSA) is 122 Å². The summed E-state index contributed by atoms with van der Waals surface area (Å²) in [6.07, 6.45) is -0.549. The number of anilines is 1. The van der Waals surface area contributed by atoms with Gasteiger partial charge in [0.15, 0.2) is 9.84 Å². The van der Waals surface area contributed by atoms with Crippen molar-refractivity contribution in [2.45, 2.75) is 28.4 Å². The number of carbonyl (C=O) groups is 2. The molecule has 2 amide bonds. The summed E-state index contributed by atoms with van der Waals surface area (Å²) in [6, 6.07) is 8.45. The summed E-state index contributed by atoms with van der Waals surface area (Å²) in [5.74, 6) is -2.11. The molecule has 1 heterocycles. The largest absolute Gasteiger partial charge is 0.416 e. The normalized spacial score (nSPS) is 18.4. The van der Waals surface area contributed by atoms with Crippen LogP contribution < -0.4 is 16.4 Å². The van der Waals surface area contributed by atoms with Crippen LogP contribution in [-0.4, -0.2) is 69.4 Å². The molecule has 0 spiro atoms. The molecular weight excluding hydrogens is 553 g/mol. The minimum atomic E-state index is -4.66. The Bertz CT molecular complexity index is 1300. The number of carbonyl (C=O) groups excluding carboxylic acids is 2. The van der Waals surface area contributed by atoms with Gasteiger partial charge in [-0.05, 0) is 67.6 Å². The van der Waals surface area contributed by atoms with E-state index in [0.29, 0.717) is 32.1 Å². The molecule has 0 aliphatic carbocycles. The van der Waals surface area contributed by atoms with Gasteiger partial charge < -0.3 is 16.4 Å². The van der Waals surface area contributed by atoms with E-state index in [9.17, 15) is 31.2 Å². The fourth-order valence-electron chi connectivity index (χ4n) is 4.38. The molecule has 0 saturated carbocycles. The van der Waals surface area contributed by atoms with Crippen molar-refractivity contribution in [3.8, 4) is 0 Å². The molecule has 1 saturated heterocycles. The maximum atomic E-state index is 13.1. The van der Waals surface area contributed by atoms with Crippen molar-refractivity contribution >= 4 is 39.1 Å². The molecular formula is C26H31F3N4O4S2. The summed E-state index contributed by atoms with van der Waals surface area (Å²) in [4.78, 5) is 28.4. The molecule has 2 aromatic rings. The molecule has 2 atom stereocenters. The number of hydrogen-bond donors (Lipinski definition) is 3. The molecule has 2 unspecified atom stereocenters. The van der Waals surface area contributed by atoms with E-state index in [1.165, 1.54) is 11.8 Å². The van der Waals surface area contributed by atoms with Gasteiger partial charge in [0.25, 0.3) is 5.91 Å². The predicted octanol–water partition coefficient (Wildman–Crippen LogP) is 3.21. The number of hydrogen-bond acceptors (Lipinski definition) is 7. The number of alkyl halides is 3. The number of likely N-dealkylation sites (tertiary alicyclic amines) is 1. The number of thioether (sulfide) groups is 1. The highest BCUT2D eigenvalue weighted by Gasteiger charge is 2.34. The van der Waals surface area contributed by atoms with Crippen LogP contribution in [0.15, 0.2) is 64.9 Å². The van der Waals surface area contributed by atoms with Crippen molar-refractivity contribution in [1.82, 2.24) is 15.5 Å². The van der Waals surface area contributed by atoms with Crippen LogP contribution in [-0.2, 0) is 20.8 Å². The monoisotopic (exact) mass is 584 g/mol. The van der Waals surface area contributed by atoms with Gasteiger partial charge in [0.2, 0.25) is 5.91 Å². The second kappa shape index (κ2) is 12.9. The van der Waals surface area contributed by atoms with Crippen LogP contribution >= 0.6 is 11.8 Å². The molecule has 2 aromatic carbocycles. The Hall–Kier alpha value is -3.03. The molecule has 39 heavy (non-hydrogen) atoms. The number of nitrogen functional groups attached to an aromatic ring is 1. The fourth-order valence-corrected chi connectivity index (χ4v) is 6.50. The number of amides is 2. The van der Waals surface area contributed by atoms with Gasteiger partial charge in [-0.3, -0.25) is 14.5 Å². The Kier molecular flexibility index (Phi) is 10.1. The lowest BCUT2D eigenvalue weighted by atomic mass is 9.93. The molecule has 0 bridgehead atoms. The van der Waals surface area contributed by atoms with E-state index in [1.807, 2.05) is 11.2 Å². The van der Waals surface area contributed by atoms with Gasteiger partial charge in [-0.1, -0.05) is 6.08 Å². The van der Waals surface area contributed by atoms with Crippen molar-refractivity contribution in [2.24, 2.45) is 5.92 Å². The van der Waals surface area contributed by atoms with Crippen LogP contribution in [0.2, 0.25) is 0 Å². The van der Waals surface area contributed by atoms with Gasteiger partial charge in [0, 0.05) is 29.7 Å². The zero-order valence-electron chi connectivity index (χ0n) is 21.3. The highest BCUT2D eigenvalue weighted by atomic mass is 32.2. The first-order valence-electron chi connectivity index (χ1n) is 12.1. The SMILES string of the molecule is C=CCN1CCC(CS(=O)(=O)c2ccc(SC)cc2)C(NC(=O)CNC(=O)c2cc(C(F)(F)F)ccc2N)C1. The van der Waals surface area contributed by atoms with E-state index in [2.05, 4.69) is 17.2 Å².